The summed E-state index contributed by atoms with van der Waals surface area (Å²) in [4.78, 5) is 12.2. The van der Waals surface area contributed by atoms with Gasteiger partial charge in [0.1, 0.15) is 0 Å². The van der Waals surface area contributed by atoms with Gasteiger partial charge in [-0.05, 0) is 26.3 Å². The molecule has 126 valence electrons. The van der Waals surface area contributed by atoms with Gasteiger partial charge in [0.05, 0.1) is 24.0 Å². The van der Waals surface area contributed by atoms with E-state index in [2.05, 4.69) is 28.5 Å². The summed E-state index contributed by atoms with van der Waals surface area (Å²) in [5.74, 6) is 0.0230. The number of aryl methyl sites for hydroxylation is 4. The first-order valence-corrected chi connectivity index (χ1v) is 8.14. The number of carbonyl (C=O) groups excluding carboxylic acids is 1. The third-order valence-electron chi connectivity index (χ3n) is 4.54. The van der Waals surface area contributed by atoms with Crippen LogP contribution in [0.15, 0.2) is 24.4 Å². The molecular formula is C18H23N5O. The van der Waals surface area contributed by atoms with Gasteiger partial charge in [-0.3, -0.25) is 14.2 Å². The topological polar surface area (TPSA) is 64.7 Å². The highest BCUT2D eigenvalue weighted by atomic mass is 16.1. The maximum Gasteiger partial charge on any atom is 0.222 e. The van der Waals surface area contributed by atoms with Crippen molar-refractivity contribution in [2.24, 2.45) is 7.05 Å². The van der Waals surface area contributed by atoms with Crippen LogP contribution in [0.4, 0.5) is 0 Å². The van der Waals surface area contributed by atoms with Crippen molar-refractivity contribution >= 4 is 16.8 Å². The van der Waals surface area contributed by atoms with Crippen molar-refractivity contribution in [1.29, 1.82) is 0 Å². The Balaban J connectivity index is 1.61. The third kappa shape index (κ3) is 3.04. The molecule has 0 unspecified atom stereocenters. The Hall–Kier alpha value is -2.63. The SMILES string of the molecule is Cc1nn(C)c(C)c1CNC(=O)CCn1ncc2cccc(C)c21. The number of hydrogen-bond donors (Lipinski definition) is 1. The lowest BCUT2D eigenvalue weighted by Crippen LogP contribution is -2.24. The van der Waals surface area contributed by atoms with Crippen LogP contribution in [0.3, 0.4) is 0 Å². The Kier molecular flexibility index (Phi) is 4.38. The van der Waals surface area contributed by atoms with Crippen LogP contribution < -0.4 is 5.32 Å². The van der Waals surface area contributed by atoms with Crippen LogP contribution in [0.1, 0.15) is 28.9 Å². The summed E-state index contributed by atoms with van der Waals surface area (Å²) in [5.41, 5.74) is 5.41. The molecule has 0 saturated carbocycles. The van der Waals surface area contributed by atoms with Gasteiger partial charge in [-0.1, -0.05) is 18.2 Å². The Labute approximate surface area is 141 Å². The van der Waals surface area contributed by atoms with Crippen molar-refractivity contribution in [3.05, 3.63) is 46.9 Å². The van der Waals surface area contributed by atoms with Gasteiger partial charge in [0.15, 0.2) is 0 Å². The molecule has 1 aromatic carbocycles. The average molecular weight is 325 g/mol. The predicted molar refractivity (Wildman–Crippen MR) is 93.6 cm³/mol. The fourth-order valence-electron chi connectivity index (χ4n) is 3.05. The van der Waals surface area contributed by atoms with Gasteiger partial charge in [0.2, 0.25) is 5.91 Å². The first-order valence-electron chi connectivity index (χ1n) is 8.14. The number of fused-ring (bicyclic) bond motifs is 1. The fourth-order valence-corrected chi connectivity index (χ4v) is 3.05. The van der Waals surface area contributed by atoms with E-state index in [1.165, 1.54) is 5.56 Å². The molecule has 0 saturated heterocycles. The quantitative estimate of drug-likeness (QED) is 0.783. The molecule has 24 heavy (non-hydrogen) atoms. The van der Waals surface area contributed by atoms with Crippen molar-refractivity contribution in [2.45, 2.75) is 40.3 Å². The van der Waals surface area contributed by atoms with Gasteiger partial charge in [-0.15, -0.1) is 0 Å². The van der Waals surface area contributed by atoms with Crippen LogP contribution in [0.2, 0.25) is 0 Å². The molecule has 6 heteroatoms. The predicted octanol–water partition coefficient (Wildman–Crippen LogP) is 2.40. The average Bonchev–Trinajstić information content (AvgIpc) is 3.06. The lowest BCUT2D eigenvalue weighted by Gasteiger charge is -2.08. The number of nitrogens with zero attached hydrogens (tertiary/aromatic N) is 4. The summed E-state index contributed by atoms with van der Waals surface area (Å²) in [6.07, 6.45) is 2.26. The summed E-state index contributed by atoms with van der Waals surface area (Å²) in [6.45, 7) is 7.14. The van der Waals surface area contributed by atoms with Gasteiger partial charge in [0, 0.05) is 36.7 Å². The number of aromatic nitrogens is 4. The highest BCUT2D eigenvalue weighted by Crippen LogP contribution is 2.18. The molecular weight excluding hydrogens is 302 g/mol. The minimum absolute atomic E-state index is 0.0230. The molecule has 6 nitrogen and oxygen atoms in total. The second-order valence-corrected chi connectivity index (χ2v) is 6.18. The molecule has 2 aromatic heterocycles. The molecule has 2 heterocycles. The van der Waals surface area contributed by atoms with Crippen LogP contribution in [-0.2, 0) is 24.9 Å². The summed E-state index contributed by atoms with van der Waals surface area (Å²) < 4.78 is 3.75. The Morgan fingerprint density at radius 1 is 1.25 bits per heavy atom. The van der Waals surface area contributed by atoms with E-state index in [0.717, 1.165) is 27.9 Å². The standard InChI is InChI=1S/C18H23N5O/c1-12-6-5-7-15-10-20-23(18(12)15)9-8-17(24)19-11-16-13(2)21-22(4)14(16)3/h5-7,10H,8-9,11H2,1-4H3,(H,19,24). The largest absolute Gasteiger partial charge is 0.352 e. The highest BCUT2D eigenvalue weighted by Gasteiger charge is 2.11. The van der Waals surface area contributed by atoms with Crippen molar-refractivity contribution in [3.8, 4) is 0 Å². The van der Waals surface area contributed by atoms with Gasteiger partial charge in [0.25, 0.3) is 0 Å². The maximum absolute atomic E-state index is 12.2. The van der Waals surface area contributed by atoms with E-state index in [4.69, 9.17) is 0 Å². The number of amides is 1. The highest BCUT2D eigenvalue weighted by molar-refractivity contribution is 5.82. The molecule has 0 aliphatic heterocycles. The van der Waals surface area contributed by atoms with Gasteiger partial charge in [-0.2, -0.15) is 10.2 Å². The van der Waals surface area contributed by atoms with Crippen LogP contribution in [-0.4, -0.2) is 25.5 Å². The number of rotatable bonds is 5. The first kappa shape index (κ1) is 16.2. The van der Waals surface area contributed by atoms with Crippen molar-refractivity contribution < 1.29 is 4.79 Å². The Morgan fingerprint density at radius 3 is 2.75 bits per heavy atom. The minimum atomic E-state index is 0.0230. The van der Waals surface area contributed by atoms with Crippen molar-refractivity contribution in [1.82, 2.24) is 24.9 Å². The molecule has 0 atom stereocenters. The van der Waals surface area contributed by atoms with E-state index in [0.29, 0.717) is 19.5 Å². The van der Waals surface area contributed by atoms with Crippen molar-refractivity contribution in [3.63, 3.8) is 0 Å². The summed E-state index contributed by atoms with van der Waals surface area (Å²) in [6, 6.07) is 6.13. The van der Waals surface area contributed by atoms with Gasteiger partial charge >= 0.3 is 0 Å². The molecule has 0 fully saturated rings. The van der Waals surface area contributed by atoms with Gasteiger partial charge in [-0.25, -0.2) is 0 Å². The van der Waals surface area contributed by atoms with E-state index in [1.807, 2.05) is 48.6 Å². The zero-order chi connectivity index (χ0) is 17.3. The van der Waals surface area contributed by atoms with E-state index < -0.39 is 0 Å². The lowest BCUT2D eigenvalue weighted by molar-refractivity contribution is -0.121. The first-order chi connectivity index (χ1) is 11.5. The Bertz CT molecular complexity index is 890. The maximum atomic E-state index is 12.2. The van der Waals surface area contributed by atoms with Crippen LogP contribution in [0.5, 0.6) is 0 Å². The van der Waals surface area contributed by atoms with E-state index >= 15 is 0 Å². The second-order valence-electron chi connectivity index (χ2n) is 6.18. The second kappa shape index (κ2) is 6.47. The lowest BCUT2D eigenvalue weighted by atomic mass is 10.2. The van der Waals surface area contributed by atoms with E-state index in [1.54, 1.807) is 0 Å². The molecule has 3 rings (SSSR count). The van der Waals surface area contributed by atoms with Crippen LogP contribution in [0.25, 0.3) is 10.9 Å². The number of nitrogens with one attached hydrogen (secondary N) is 1. The molecule has 0 aliphatic carbocycles. The number of benzene rings is 1. The molecule has 0 spiro atoms. The molecule has 0 aliphatic rings. The fraction of sp³-hybridized carbons (Fsp3) is 0.389. The summed E-state index contributed by atoms with van der Waals surface area (Å²) in [5, 5.41) is 12.9. The molecule has 3 aromatic rings. The van der Waals surface area contributed by atoms with Gasteiger partial charge < -0.3 is 5.32 Å². The van der Waals surface area contributed by atoms with Crippen molar-refractivity contribution in [2.75, 3.05) is 0 Å². The zero-order valence-corrected chi connectivity index (χ0v) is 14.6. The Morgan fingerprint density at radius 2 is 2.04 bits per heavy atom. The van der Waals surface area contributed by atoms with E-state index in [-0.39, 0.29) is 5.91 Å². The third-order valence-corrected chi connectivity index (χ3v) is 4.54. The minimum Gasteiger partial charge on any atom is -0.352 e. The smallest absolute Gasteiger partial charge is 0.222 e. The summed E-state index contributed by atoms with van der Waals surface area (Å²) >= 11 is 0. The van der Waals surface area contributed by atoms with Crippen LogP contribution >= 0.6 is 0 Å². The normalized spacial score (nSPS) is 11.2. The zero-order valence-electron chi connectivity index (χ0n) is 14.6. The number of hydrogen-bond acceptors (Lipinski definition) is 3. The number of carbonyl (C=O) groups is 1. The van der Waals surface area contributed by atoms with E-state index in [9.17, 15) is 4.79 Å². The molecule has 0 radical (unpaired) electrons. The monoisotopic (exact) mass is 325 g/mol. The number of para-hydroxylation sites is 1. The summed E-state index contributed by atoms with van der Waals surface area (Å²) in [7, 11) is 1.92. The molecule has 0 bridgehead atoms. The molecule has 1 amide bonds. The van der Waals surface area contributed by atoms with Crippen LogP contribution in [0, 0.1) is 20.8 Å². The molecule has 1 N–H and O–H groups in total.